The number of hydrogen-bond donors (Lipinski definition) is 1. The van der Waals surface area contributed by atoms with Crippen molar-refractivity contribution in [1.82, 2.24) is 4.98 Å². The van der Waals surface area contributed by atoms with Crippen LogP contribution in [-0.2, 0) is 9.47 Å². The van der Waals surface area contributed by atoms with Gasteiger partial charge in [-0.3, -0.25) is 4.98 Å². The summed E-state index contributed by atoms with van der Waals surface area (Å²) in [5.74, 6) is 0. The van der Waals surface area contributed by atoms with Gasteiger partial charge >= 0.3 is 0 Å². The third kappa shape index (κ3) is 1.93. The molecule has 0 aliphatic carbocycles. The maximum Gasteiger partial charge on any atom is 0.184 e. The molecule has 0 saturated heterocycles. The van der Waals surface area contributed by atoms with Gasteiger partial charge in [0, 0.05) is 32.2 Å². The molecule has 0 atom stereocenters. The highest BCUT2D eigenvalue weighted by Crippen LogP contribution is 2.17. The summed E-state index contributed by atoms with van der Waals surface area (Å²) in [4.78, 5) is 3.92. The molecule has 1 aromatic heterocycles. The first-order valence-electron chi connectivity index (χ1n) is 3.54. The second-order valence-corrected chi connectivity index (χ2v) is 2.35. The van der Waals surface area contributed by atoms with Gasteiger partial charge < -0.3 is 15.2 Å². The number of hydrogen-bond acceptors (Lipinski definition) is 4. The molecule has 1 rings (SSSR count). The highest BCUT2D eigenvalue weighted by Gasteiger charge is 2.08. The number of ether oxygens (including phenoxy) is 2. The zero-order valence-corrected chi connectivity index (χ0v) is 7.15. The third-order valence-corrected chi connectivity index (χ3v) is 1.48. The summed E-state index contributed by atoms with van der Waals surface area (Å²) >= 11 is 0. The fourth-order valence-electron chi connectivity index (χ4n) is 0.974. The molecule has 0 radical (unpaired) electrons. The molecule has 12 heavy (non-hydrogen) atoms. The molecule has 0 amide bonds. The van der Waals surface area contributed by atoms with Crippen LogP contribution >= 0.6 is 0 Å². The maximum absolute atomic E-state index is 5.53. The normalized spacial score (nSPS) is 10.6. The van der Waals surface area contributed by atoms with E-state index >= 15 is 0 Å². The number of nitrogens with zero attached hydrogens (tertiary/aromatic N) is 1. The molecule has 0 aromatic carbocycles. The maximum atomic E-state index is 5.53. The predicted octanol–water partition coefficient (Wildman–Crippen LogP) is 0.955. The first-order chi connectivity index (χ1) is 5.77. The predicted molar refractivity (Wildman–Crippen MR) is 45.4 cm³/mol. The van der Waals surface area contributed by atoms with Crippen molar-refractivity contribution in [3.63, 3.8) is 0 Å². The van der Waals surface area contributed by atoms with Crippen molar-refractivity contribution in [2.24, 2.45) is 0 Å². The number of pyridine rings is 1. The second kappa shape index (κ2) is 4.04. The molecule has 0 aliphatic rings. The van der Waals surface area contributed by atoms with E-state index < -0.39 is 0 Å². The lowest BCUT2D eigenvalue weighted by Crippen LogP contribution is -2.04. The minimum Gasteiger partial charge on any atom is -0.397 e. The third-order valence-electron chi connectivity index (χ3n) is 1.48. The molecule has 1 heterocycles. The zero-order valence-electron chi connectivity index (χ0n) is 7.15. The minimum atomic E-state index is -0.388. The topological polar surface area (TPSA) is 57.4 Å². The van der Waals surface area contributed by atoms with E-state index in [2.05, 4.69) is 4.98 Å². The van der Waals surface area contributed by atoms with E-state index in [1.807, 2.05) is 0 Å². The number of rotatable bonds is 3. The van der Waals surface area contributed by atoms with Crippen molar-refractivity contribution in [3.05, 3.63) is 24.0 Å². The Hall–Kier alpha value is -1.13. The second-order valence-electron chi connectivity index (χ2n) is 2.35. The Kier molecular flexibility index (Phi) is 3.01. The van der Waals surface area contributed by atoms with Crippen LogP contribution < -0.4 is 5.73 Å². The van der Waals surface area contributed by atoms with E-state index in [9.17, 15) is 0 Å². The number of methoxy groups -OCH3 is 2. The van der Waals surface area contributed by atoms with Gasteiger partial charge in [-0.05, 0) is 6.07 Å². The Bertz CT molecular complexity index is 249. The molecule has 1 aromatic rings. The van der Waals surface area contributed by atoms with Crippen LogP contribution in [0.3, 0.4) is 0 Å². The van der Waals surface area contributed by atoms with E-state index in [4.69, 9.17) is 15.2 Å². The van der Waals surface area contributed by atoms with Crippen molar-refractivity contribution < 1.29 is 9.47 Å². The smallest absolute Gasteiger partial charge is 0.184 e. The van der Waals surface area contributed by atoms with Gasteiger partial charge in [0.15, 0.2) is 6.29 Å². The Labute approximate surface area is 71.3 Å². The fraction of sp³-hybridized carbons (Fsp3) is 0.375. The van der Waals surface area contributed by atoms with Crippen molar-refractivity contribution >= 4 is 5.69 Å². The van der Waals surface area contributed by atoms with E-state index in [-0.39, 0.29) is 6.29 Å². The Morgan fingerprint density at radius 1 is 1.33 bits per heavy atom. The molecule has 4 heteroatoms. The van der Waals surface area contributed by atoms with Crippen LogP contribution in [0.15, 0.2) is 18.5 Å². The Morgan fingerprint density at radius 3 is 2.50 bits per heavy atom. The van der Waals surface area contributed by atoms with Gasteiger partial charge in [-0.15, -0.1) is 0 Å². The van der Waals surface area contributed by atoms with Crippen molar-refractivity contribution in [2.75, 3.05) is 20.0 Å². The molecular formula is C8H12N2O2. The SMILES string of the molecule is COC(OC)c1cncc(N)c1. The summed E-state index contributed by atoms with van der Waals surface area (Å²) in [6, 6.07) is 1.77. The first kappa shape index (κ1) is 8.96. The van der Waals surface area contributed by atoms with E-state index in [1.54, 1.807) is 32.7 Å². The highest BCUT2D eigenvalue weighted by atomic mass is 16.7. The highest BCUT2D eigenvalue weighted by molar-refractivity contribution is 5.37. The van der Waals surface area contributed by atoms with Gasteiger partial charge in [-0.2, -0.15) is 0 Å². The van der Waals surface area contributed by atoms with Gasteiger partial charge in [0.05, 0.1) is 5.69 Å². The monoisotopic (exact) mass is 168 g/mol. The average Bonchev–Trinajstić information content (AvgIpc) is 2.07. The Morgan fingerprint density at radius 2 is 2.00 bits per heavy atom. The molecule has 66 valence electrons. The van der Waals surface area contributed by atoms with Crippen LogP contribution in [0.1, 0.15) is 11.9 Å². The quantitative estimate of drug-likeness (QED) is 0.683. The van der Waals surface area contributed by atoms with Crippen LogP contribution in [0.2, 0.25) is 0 Å². The van der Waals surface area contributed by atoms with Gasteiger partial charge in [0.2, 0.25) is 0 Å². The summed E-state index contributed by atoms with van der Waals surface area (Å²) in [6.07, 6.45) is 2.85. The van der Waals surface area contributed by atoms with Crippen molar-refractivity contribution in [2.45, 2.75) is 6.29 Å². The average molecular weight is 168 g/mol. The lowest BCUT2D eigenvalue weighted by atomic mass is 10.2. The molecule has 0 saturated carbocycles. The lowest BCUT2D eigenvalue weighted by Gasteiger charge is -2.12. The standard InChI is InChI=1S/C8H12N2O2/c1-11-8(12-2)6-3-7(9)5-10-4-6/h3-5,8H,9H2,1-2H3. The van der Waals surface area contributed by atoms with E-state index in [1.165, 1.54) is 0 Å². The summed E-state index contributed by atoms with van der Waals surface area (Å²) in [5, 5.41) is 0. The molecule has 0 spiro atoms. The van der Waals surface area contributed by atoms with Crippen LogP contribution in [0.25, 0.3) is 0 Å². The van der Waals surface area contributed by atoms with Gasteiger partial charge in [0.1, 0.15) is 0 Å². The van der Waals surface area contributed by atoms with Crippen LogP contribution in [0, 0.1) is 0 Å². The summed E-state index contributed by atoms with van der Waals surface area (Å²) in [7, 11) is 3.13. The van der Waals surface area contributed by atoms with Crippen LogP contribution in [0.5, 0.6) is 0 Å². The molecule has 0 bridgehead atoms. The van der Waals surface area contributed by atoms with Crippen molar-refractivity contribution in [3.8, 4) is 0 Å². The largest absolute Gasteiger partial charge is 0.397 e. The number of aromatic nitrogens is 1. The molecule has 2 N–H and O–H groups in total. The first-order valence-corrected chi connectivity index (χ1v) is 3.54. The molecule has 0 aliphatic heterocycles. The number of nitrogen functional groups attached to an aromatic ring is 1. The number of anilines is 1. The van der Waals surface area contributed by atoms with Gasteiger partial charge in [0.25, 0.3) is 0 Å². The molecule has 0 fully saturated rings. The van der Waals surface area contributed by atoms with E-state index in [0.717, 1.165) is 5.56 Å². The lowest BCUT2D eigenvalue weighted by molar-refractivity contribution is -0.106. The molecule has 0 unspecified atom stereocenters. The minimum absolute atomic E-state index is 0.388. The summed E-state index contributed by atoms with van der Waals surface area (Å²) < 4.78 is 10.0. The Balaban J connectivity index is 2.85. The fourth-order valence-corrected chi connectivity index (χ4v) is 0.974. The number of nitrogens with two attached hydrogens (primary N) is 1. The van der Waals surface area contributed by atoms with Gasteiger partial charge in [-0.25, -0.2) is 0 Å². The molecular weight excluding hydrogens is 156 g/mol. The molecule has 4 nitrogen and oxygen atoms in total. The summed E-state index contributed by atoms with van der Waals surface area (Å²) in [6.45, 7) is 0. The van der Waals surface area contributed by atoms with Gasteiger partial charge in [-0.1, -0.05) is 0 Å². The van der Waals surface area contributed by atoms with Crippen LogP contribution in [0.4, 0.5) is 5.69 Å². The van der Waals surface area contributed by atoms with E-state index in [0.29, 0.717) is 5.69 Å². The zero-order chi connectivity index (χ0) is 8.97. The van der Waals surface area contributed by atoms with Crippen LogP contribution in [-0.4, -0.2) is 19.2 Å². The summed E-state index contributed by atoms with van der Waals surface area (Å²) in [5.41, 5.74) is 6.95. The van der Waals surface area contributed by atoms with Crippen molar-refractivity contribution in [1.29, 1.82) is 0 Å².